The Labute approximate surface area is 203 Å². The minimum Gasteiger partial charge on any atom is -0.482 e. The van der Waals surface area contributed by atoms with E-state index in [1.807, 2.05) is 12.3 Å². The summed E-state index contributed by atoms with van der Waals surface area (Å²) in [5, 5.41) is 6.06. The molecular weight excluding hydrogens is 442 g/mol. The summed E-state index contributed by atoms with van der Waals surface area (Å²) in [7, 11) is 0. The monoisotopic (exact) mass is 471 g/mol. The van der Waals surface area contributed by atoms with Gasteiger partial charge in [0.2, 0.25) is 0 Å². The standard InChI is InChI=1S/C27H29N5OS/c1-14-5-8-20-22(9-14)16(3)33-23-10-19(12-29-27(23)28)26-21(11-24-25(20)30-17(4)34-24)15(2)31-32(26)13-18-6-7-18/h5,8-10,12,16,18H,6-7,11,13H2,1-4H3,(H2,28,29). The largest absolute Gasteiger partial charge is 0.482 e. The summed E-state index contributed by atoms with van der Waals surface area (Å²) >= 11 is 1.77. The van der Waals surface area contributed by atoms with Gasteiger partial charge in [0.15, 0.2) is 11.6 Å². The van der Waals surface area contributed by atoms with Gasteiger partial charge in [-0.25, -0.2) is 9.97 Å². The first-order chi connectivity index (χ1) is 16.4. The normalized spacial score (nSPS) is 17.1. The van der Waals surface area contributed by atoms with Crippen LogP contribution in [0, 0.1) is 26.7 Å². The van der Waals surface area contributed by atoms with Gasteiger partial charge >= 0.3 is 0 Å². The second-order valence-electron chi connectivity index (χ2n) is 9.68. The fourth-order valence-electron chi connectivity index (χ4n) is 4.96. The van der Waals surface area contributed by atoms with Crippen LogP contribution in [0.5, 0.6) is 5.75 Å². The Hall–Kier alpha value is -3.19. The van der Waals surface area contributed by atoms with E-state index in [9.17, 15) is 0 Å². The molecule has 3 aromatic heterocycles. The number of nitrogen functional groups attached to an aromatic ring is 1. The molecule has 1 unspecified atom stereocenters. The fraction of sp³-hybridized carbons (Fsp3) is 0.370. The molecule has 2 N–H and O–H groups in total. The van der Waals surface area contributed by atoms with Crippen LogP contribution in [0.4, 0.5) is 5.82 Å². The Bertz CT molecular complexity index is 1410. The second-order valence-corrected chi connectivity index (χ2v) is 11.0. The summed E-state index contributed by atoms with van der Waals surface area (Å²) in [4.78, 5) is 10.8. The van der Waals surface area contributed by atoms with Crippen LogP contribution in [0.3, 0.4) is 0 Å². The van der Waals surface area contributed by atoms with Crippen molar-refractivity contribution in [2.45, 2.75) is 59.6 Å². The van der Waals surface area contributed by atoms with Gasteiger partial charge in [0.25, 0.3) is 0 Å². The van der Waals surface area contributed by atoms with Crippen molar-refractivity contribution in [3.63, 3.8) is 0 Å². The molecule has 7 heteroatoms. The van der Waals surface area contributed by atoms with E-state index in [0.29, 0.717) is 17.5 Å². The number of nitrogens with two attached hydrogens (primary N) is 1. The van der Waals surface area contributed by atoms with Gasteiger partial charge in [-0.3, -0.25) is 4.68 Å². The van der Waals surface area contributed by atoms with Crippen LogP contribution in [0.25, 0.3) is 22.5 Å². The smallest absolute Gasteiger partial charge is 0.166 e. The van der Waals surface area contributed by atoms with Gasteiger partial charge in [0, 0.05) is 46.3 Å². The lowest BCUT2D eigenvalue weighted by Gasteiger charge is -2.21. The zero-order valence-corrected chi connectivity index (χ0v) is 20.9. The molecule has 34 heavy (non-hydrogen) atoms. The first-order valence-electron chi connectivity index (χ1n) is 11.9. The molecule has 1 saturated carbocycles. The SMILES string of the molecule is Cc1ccc2c(c1)C(C)Oc1cc(cnc1N)-c1c(c(C)nn1CC1CC1)Cc1sc(C)nc1-2. The average Bonchev–Trinajstić information content (AvgIpc) is 3.46. The number of benzene rings is 1. The first kappa shape index (κ1) is 21.4. The highest BCUT2D eigenvalue weighted by atomic mass is 32.1. The summed E-state index contributed by atoms with van der Waals surface area (Å²) in [6, 6.07) is 8.56. The number of hydrogen-bond acceptors (Lipinski definition) is 6. The summed E-state index contributed by atoms with van der Waals surface area (Å²) < 4.78 is 8.66. The molecule has 0 amide bonds. The van der Waals surface area contributed by atoms with Crippen LogP contribution in [0.15, 0.2) is 30.5 Å². The van der Waals surface area contributed by atoms with Crippen LogP contribution in [0.1, 0.15) is 58.1 Å². The van der Waals surface area contributed by atoms with Crippen molar-refractivity contribution in [1.29, 1.82) is 0 Å². The van der Waals surface area contributed by atoms with Gasteiger partial charge in [0.05, 0.1) is 22.1 Å². The molecule has 2 bridgehead atoms. The molecule has 1 aliphatic heterocycles. The van der Waals surface area contributed by atoms with Crippen molar-refractivity contribution in [2.75, 3.05) is 5.73 Å². The highest BCUT2D eigenvalue weighted by molar-refractivity contribution is 7.12. The molecular formula is C27H29N5OS. The number of pyridine rings is 1. The molecule has 0 spiro atoms. The predicted octanol–water partition coefficient (Wildman–Crippen LogP) is 6.03. The Morgan fingerprint density at radius 3 is 2.79 bits per heavy atom. The van der Waals surface area contributed by atoms with Crippen molar-refractivity contribution in [1.82, 2.24) is 19.7 Å². The van der Waals surface area contributed by atoms with Crippen LogP contribution < -0.4 is 10.5 Å². The molecule has 1 aliphatic carbocycles. The minimum absolute atomic E-state index is 0.207. The van der Waals surface area contributed by atoms with Crippen molar-refractivity contribution >= 4 is 17.2 Å². The summed E-state index contributed by atoms with van der Waals surface area (Å²) in [5.41, 5.74) is 15.2. The number of thiazole rings is 1. The van der Waals surface area contributed by atoms with E-state index in [-0.39, 0.29) is 6.10 Å². The highest BCUT2D eigenvalue weighted by Crippen LogP contribution is 2.41. The number of ether oxygens (including phenoxy) is 1. The molecule has 4 aromatic rings. The number of nitrogens with zero attached hydrogens (tertiary/aromatic N) is 4. The number of anilines is 1. The van der Waals surface area contributed by atoms with E-state index in [1.165, 1.54) is 28.8 Å². The van der Waals surface area contributed by atoms with E-state index in [2.05, 4.69) is 55.6 Å². The predicted molar refractivity (Wildman–Crippen MR) is 136 cm³/mol. The van der Waals surface area contributed by atoms with Crippen LogP contribution in [-0.2, 0) is 13.0 Å². The lowest BCUT2D eigenvalue weighted by molar-refractivity contribution is 0.228. The highest BCUT2D eigenvalue weighted by Gasteiger charge is 2.28. The van der Waals surface area contributed by atoms with Gasteiger partial charge in [0.1, 0.15) is 6.10 Å². The molecule has 174 valence electrons. The van der Waals surface area contributed by atoms with Crippen molar-refractivity contribution < 1.29 is 4.74 Å². The Kier molecular flexibility index (Phi) is 4.99. The van der Waals surface area contributed by atoms with E-state index >= 15 is 0 Å². The van der Waals surface area contributed by atoms with Gasteiger partial charge in [-0.05, 0) is 52.5 Å². The Morgan fingerprint density at radius 2 is 2.00 bits per heavy atom. The van der Waals surface area contributed by atoms with Gasteiger partial charge < -0.3 is 10.5 Å². The van der Waals surface area contributed by atoms with Gasteiger partial charge in [-0.2, -0.15) is 5.10 Å². The van der Waals surface area contributed by atoms with E-state index < -0.39 is 0 Å². The van der Waals surface area contributed by atoms with Crippen molar-refractivity contribution in [2.24, 2.45) is 5.92 Å². The third-order valence-corrected chi connectivity index (χ3v) is 7.85. The average molecular weight is 472 g/mol. The maximum atomic E-state index is 6.48. The van der Waals surface area contributed by atoms with E-state index in [1.54, 1.807) is 11.3 Å². The lowest BCUT2D eigenvalue weighted by Crippen LogP contribution is -2.10. The van der Waals surface area contributed by atoms with Gasteiger partial charge in [-0.15, -0.1) is 11.3 Å². The Balaban J connectivity index is 1.62. The van der Waals surface area contributed by atoms with E-state index in [0.717, 1.165) is 51.7 Å². The summed E-state index contributed by atoms with van der Waals surface area (Å²) in [6.45, 7) is 9.31. The topological polar surface area (TPSA) is 78.9 Å². The van der Waals surface area contributed by atoms with Gasteiger partial charge in [-0.1, -0.05) is 23.8 Å². The Morgan fingerprint density at radius 1 is 1.18 bits per heavy atom. The van der Waals surface area contributed by atoms with E-state index in [4.69, 9.17) is 20.6 Å². The molecule has 6 nitrogen and oxygen atoms in total. The van der Waals surface area contributed by atoms with Crippen LogP contribution in [0.2, 0.25) is 0 Å². The fourth-order valence-corrected chi connectivity index (χ4v) is 5.92. The van der Waals surface area contributed by atoms with Crippen LogP contribution >= 0.6 is 11.3 Å². The lowest BCUT2D eigenvalue weighted by atomic mass is 9.95. The van der Waals surface area contributed by atoms with Crippen LogP contribution in [-0.4, -0.2) is 19.7 Å². The zero-order chi connectivity index (χ0) is 23.6. The number of aryl methyl sites for hydroxylation is 3. The molecule has 0 saturated heterocycles. The maximum Gasteiger partial charge on any atom is 0.166 e. The number of fused-ring (bicyclic) bond motifs is 7. The number of rotatable bonds is 2. The van der Waals surface area contributed by atoms with Crippen molar-refractivity contribution in [3.05, 3.63) is 62.7 Å². The summed E-state index contributed by atoms with van der Waals surface area (Å²) in [6.07, 6.45) is 4.98. The first-order valence-corrected chi connectivity index (χ1v) is 12.7. The minimum atomic E-state index is -0.207. The summed E-state index contributed by atoms with van der Waals surface area (Å²) in [5.74, 6) is 1.72. The molecule has 2 aliphatic rings. The number of aromatic nitrogens is 4. The third kappa shape index (κ3) is 3.68. The molecule has 1 aromatic carbocycles. The zero-order valence-electron chi connectivity index (χ0n) is 20.1. The number of hydrogen-bond donors (Lipinski definition) is 1. The molecule has 6 rings (SSSR count). The molecule has 1 atom stereocenters. The molecule has 1 fully saturated rings. The maximum absolute atomic E-state index is 6.48. The second kappa shape index (κ2) is 7.94. The quantitative estimate of drug-likeness (QED) is 0.386. The van der Waals surface area contributed by atoms with Crippen molar-refractivity contribution in [3.8, 4) is 28.3 Å². The third-order valence-electron chi connectivity index (χ3n) is 6.88. The molecule has 0 radical (unpaired) electrons. The molecule has 4 heterocycles.